The van der Waals surface area contributed by atoms with Crippen LogP contribution >= 0.6 is 0 Å². The molecule has 0 radical (unpaired) electrons. The maximum atomic E-state index is 5.46. The predicted molar refractivity (Wildman–Crippen MR) is 62.9 cm³/mol. The maximum absolute atomic E-state index is 5.46. The lowest BCUT2D eigenvalue weighted by Gasteiger charge is -2.24. The van der Waals surface area contributed by atoms with Crippen LogP contribution in [0.2, 0.25) is 0 Å². The van der Waals surface area contributed by atoms with Gasteiger partial charge in [0.25, 0.3) is 0 Å². The highest BCUT2D eigenvalue weighted by molar-refractivity contribution is 5.52. The number of ether oxygens (including phenoxy) is 2. The molecule has 1 saturated heterocycles. The molecule has 0 saturated carbocycles. The minimum atomic E-state index is 0.372. The first-order valence-corrected chi connectivity index (χ1v) is 5.82. The van der Waals surface area contributed by atoms with Crippen molar-refractivity contribution in [1.82, 2.24) is 4.98 Å². The van der Waals surface area contributed by atoms with Gasteiger partial charge in [-0.15, -0.1) is 0 Å². The van der Waals surface area contributed by atoms with E-state index in [0.29, 0.717) is 18.5 Å². The molecule has 1 aliphatic heterocycles. The third-order valence-corrected chi connectivity index (χ3v) is 2.57. The molecule has 2 heterocycles. The molecule has 1 N–H and O–H groups in total. The van der Waals surface area contributed by atoms with E-state index < -0.39 is 0 Å². The minimum absolute atomic E-state index is 0.372. The lowest BCUT2D eigenvalue weighted by atomic mass is 10.1. The van der Waals surface area contributed by atoms with E-state index in [1.165, 1.54) is 0 Å². The summed E-state index contributed by atoms with van der Waals surface area (Å²) in [5.74, 6) is 0.676. The van der Waals surface area contributed by atoms with Gasteiger partial charge in [-0.2, -0.15) is 0 Å². The third kappa shape index (κ3) is 2.85. The van der Waals surface area contributed by atoms with Gasteiger partial charge in [-0.05, 0) is 31.9 Å². The van der Waals surface area contributed by atoms with Crippen molar-refractivity contribution in [2.45, 2.75) is 25.8 Å². The Bertz CT molecular complexity index is 325. The number of aromatic nitrogens is 1. The molecule has 4 nitrogen and oxygen atoms in total. The van der Waals surface area contributed by atoms with Gasteiger partial charge < -0.3 is 14.8 Å². The zero-order valence-corrected chi connectivity index (χ0v) is 9.61. The van der Waals surface area contributed by atoms with Crippen LogP contribution in [0.4, 0.5) is 5.69 Å². The Morgan fingerprint density at radius 3 is 3.31 bits per heavy atom. The van der Waals surface area contributed by atoms with Gasteiger partial charge in [0, 0.05) is 18.8 Å². The number of nitrogens with zero attached hydrogens (tertiary/aromatic N) is 1. The van der Waals surface area contributed by atoms with Crippen LogP contribution in [0.25, 0.3) is 0 Å². The molecular weight excluding hydrogens is 204 g/mol. The normalized spacial score (nSPS) is 20.4. The van der Waals surface area contributed by atoms with Crippen LogP contribution < -0.4 is 10.1 Å². The van der Waals surface area contributed by atoms with Gasteiger partial charge in [0.2, 0.25) is 5.88 Å². The van der Waals surface area contributed by atoms with Crippen molar-refractivity contribution < 1.29 is 9.47 Å². The highest BCUT2D eigenvalue weighted by Gasteiger charge is 2.15. The minimum Gasteiger partial charge on any atom is -0.476 e. The molecule has 0 aliphatic carbocycles. The number of hydrogen-bond donors (Lipinski definition) is 1. The molecule has 2 rings (SSSR count). The van der Waals surface area contributed by atoms with E-state index in [9.17, 15) is 0 Å². The number of pyridine rings is 1. The molecule has 1 atom stereocenters. The third-order valence-electron chi connectivity index (χ3n) is 2.57. The number of anilines is 1. The average Bonchev–Trinajstić information content (AvgIpc) is 2.33. The van der Waals surface area contributed by atoms with E-state index in [4.69, 9.17) is 9.47 Å². The first kappa shape index (κ1) is 11.2. The fraction of sp³-hybridized carbons (Fsp3) is 0.583. The van der Waals surface area contributed by atoms with E-state index in [0.717, 1.165) is 31.7 Å². The molecule has 0 aromatic carbocycles. The van der Waals surface area contributed by atoms with E-state index in [2.05, 4.69) is 10.3 Å². The summed E-state index contributed by atoms with van der Waals surface area (Å²) in [6.45, 7) is 4.24. The lowest BCUT2D eigenvalue weighted by Crippen LogP contribution is -2.30. The molecule has 1 unspecified atom stereocenters. The van der Waals surface area contributed by atoms with E-state index in [1.807, 2.05) is 19.1 Å². The summed E-state index contributed by atoms with van der Waals surface area (Å²) >= 11 is 0. The van der Waals surface area contributed by atoms with Gasteiger partial charge in [0.15, 0.2) is 0 Å². The second kappa shape index (κ2) is 5.70. The van der Waals surface area contributed by atoms with Crippen molar-refractivity contribution in [2.75, 3.05) is 25.1 Å². The topological polar surface area (TPSA) is 43.4 Å². The van der Waals surface area contributed by atoms with Crippen molar-refractivity contribution in [2.24, 2.45) is 0 Å². The van der Waals surface area contributed by atoms with Crippen molar-refractivity contribution in [3.63, 3.8) is 0 Å². The summed E-state index contributed by atoms with van der Waals surface area (Å²) in [5.41, 5.74) is 0.958. The maximum Gasteiger partial charge on any atom is 0.237 e. The summed E-state index contributed by atoms with van der Waals surface area (Å²) < 4.78 is 10.9. The second-order valence-corrected chi connectivity index (χ2v) is 3.85. The summed E-state index contributed by atoms with van der Waals surface area (Å²) in [6, 6.07) is 4.28. The standard InChI is InChI=1S/C12H18N2O2/c1-2-16-12-11(6-3-7-13-12)14-10-5-4-8-15-9-10/h3,6-7,10,14H,2,4-5,8-9H2,1H3. The van der Waals surface area contributed by atoms with E-state index in [1.54, 1.807) is 6.20 Å². The molecule has 0 spiro atoms. The average molecular weight is 222 g/mol. The van der Waals surface area contributed by atoms with Gasteiger partial charge in [-0.1, -0.05) is 0 Å². The fourth-order valence-electron chi connectivity index (χ4n) is 1.83. The molecule has 1 aromatic rings. The Labute approximate surface area is 96.0 Å². The Balaban J connectivity index is 2.01. The van der Waals surface area contributed by atoms with Crippen molar-refractivity contribution in [3.05, 3.63) is 18.3 Å². The number of nitrogens with one attached hydrogen (secondary N) is 1. The largest absolute Gasteiger partial charge is 0.476 e. The van der Waals surface area contributed by atoms with Crippen LogP contribution in [-0.4, -0.2) is 30.8 Å². The van der Waals surface area contributed by atoms with Crippen LogP contribution in [0.3, 0.4) is 0 Å². The Hall–Kier alpha value is -1.29. The van der Waals surface area contributed by atoms with Gasteiger partial charge in [-0.3, -0.25) is 0 Å². The molecule has 88 valence electrons. The molecule has 0 amide bonds. The summed E-state index contributed by atoms with van der Waals surface area (Å²) in [5, 5.41) is 3.42. The molecule has 0 bridgehead atoms. The Morgan fingerprint density at radius 1 is 1.62 bits per heavy atom. The van der Waals surface area contributed by atoms with Crippen molar-refractivity contribution >= 4 is 5.69 Å². The second-order valence-electron chi connectivity index (χ2n) is 3.85. The molecule has 1 aromatic heterocycles. The fourth-order valence-corrected chi connectivity index (χ4v) is 1.83. The molecule has 1 aliphatic rings. The highest BCUT2D eigenvalue weighted by Crippen LogP contribution is 2.23. The summed E-state index contributed by atoms with van der Waals surface area (Å²) in [7, 11) is 0. The first-order chi connectivity index (χ1) is 7.90. The quantitative estimate of drug-likeness (QED) is 0.847. The van der Waals surface area contributed by atoms with Gasteiger partial charge in [0.1, 0.15) is 0 Å². The summed E-state index contributed by atoms with van der Waals surface area (Å²) in [4.78, 5) is 4.21. The lowest BCUT2D eigenvalue weighted by molar-refractivity contribution is 0.0875. The molecule has 4 heteroatoms. The van der Waals surface area contributed by atoms with Gasteiger partial charge >= 0.3 is 0 Å². The Kier molecular flexibility index (Phi) is 3.99. The molecular formula is C12H18N2O2. The van der Waals surface area contributed by atoms with Crippen LogP contribution in [-0.2, 0) is 4.74 Å². The summed E-state index contributed by atoms with van der Waals surface area (Å²) in [6.07, 6.45) is 4.00. The van der Waals surface area contributed by atoms with E-state index in [-0.39, 0.29) is 0 Å². The predicted octanol–water partition coefficient (Wildman–Crippen LogP) is 2.07. The zero-order valence-electron chi connectivity index (χ0n) is 9.61. The van der Waals surface area contributed by atoms with Crippen molar-refractivity contribution in [1.29, 1.82) is 0 Å². The first-order valence-electron chi connectivity index (χ1n) is 5.82. The molecule has 16 heavy (non-hydrogen) atoms. The Morgan fingerprint density at radius 2 is 2.56 bits per heavy atom. The molecule has 1 fully saturated rings. The smallest absolute Gasteiger partial charge is 0.237 e. The SMILES string of the molecule is CCOc1ncccc1NC1CCCOC1. The highest BCUT2D eigenvalue weighted by atomic mass is 16.5. The number of rotatable bonds is 4. The number of hydrogen-bond acceptors (Lipinski definition) is 4. The zero-order chi connectivity index (χ0) is 11.2. The van der Waals surface area contributed by atoms with Crippen LogP contribution in [0.5, 0.6) is 5.88 Å². The van der Waals surface area contributed by atoms with Crippen molar-refractivity contribution in [3.8, 4) is 5.88 Å². The van der Waals surface area contributed by atoms with Gasteiger partial charge in [0.05, 0.1) is 18.9 Å². The van der Waals surface area contributed by atoms with Gasteiger partial charge in [-0.25, -0.2) is 4.98 Å². The van der Waals surface area contributed by atoms with Crippen LogP contribution in [0, 0.1) is 0 Å². The monoisotopic (exact) mass is 222 g/mol. The van der Waals surface area contributed by atoms with Crippen LogP contribution in [0.15, 0.2) is 18.3 Å². The van der Waals surface area contributed by atoms with E-state index >= 15 is 0 Å². The van der Waals surface area contributed by atoms with Crippen LogP contribution in [0.1, 0.15) is 19.8 Å².